The Morgan fingerprint density at radius 1 is 0.842 bits per heavy atom. The molecule has 38 heavy (non-hydrogen) atoms. The van der Waals surface area contributed by atoms with E-state index in [2.05, 4.69) is 22.8 Å². The van der Waals surface area contributed by atoms with Gasteiger partial charge in [-0.25, -0.2) is 5.43 Å². The van der Waals surface area contributed by atoms with Crippen molar-refractivity contribution in [2.45, 2.75) is 64.7 Å². The molecule has 0 aliphatic carbocycles. The highest BCUT2D eigenvalue weighted by molar-refractivity contribution is 6.10. The summed E-state index contributed by atoms with van der Waals surface area (Å²) in [4.78, 5) is 37.8. The summed E-state index contributed by atoms with van der Waals surface area (Å²) in [6, 6.07) is 20.4. The molecular weight excluding hydrogens is 478 g/mol. The summed E-state index contributed by atoms with van der Waals surface area (Å²) in [7, 11) is 0. The van der Waals surface area contributed by atoms with Gasteiger partial charge in [0, 0.05) is 31.5 Å². The molecule has 3 rings (SSSR count). The van der Waals surface area contributed by atoms with Crippen LogP contribution in [0, 0.1) is 0 Å². The molecule has 0 unspecified atom stereocenters. The van der Waals surface area contributed by atoms with E-state index in [0.717, 1.165) is 43.1 Å². The van der Waals surface area contributed by atoms with Crippen molar-refractivity contribution in [2.75, 3.05) is 6.54 Å². The highest BCUT2D eigenvalue weighted by atomic mass is 16.3. The number of ketones is 1. The molecule has 200 valence electrons. The first kappa shape index (κ1) is 28.6. The first-order chi connectivity index (χ1) is 18.5. The predicted molar refractivity (Wildman–Crippen MR) is 151 cm³/mol. The normalized spacial score (nSPS) is 11.3. The van der Waals surface area contributed by atoms with Gasteiger partial charge in [0.05, 0.1) is 5.56 Å². The number of nitrogens with zero attached hydrogens (tertiary/aromatic N) is 1. The van der Waals surface area contributed by atoms with Crippen molar-refractivity contribution < 1.29 is 19.5 Å². The van der Waals surface area contributed by atoms with Crippen LogP contribution in [0.3, 0.4) is 0 Å². The maximum absolute atomic E-state index is 12.9. The molecule has 0 atom stereocenters. The lowest BCUT2D eigenvalue weighted by Gasteiger charge is -2.10. The molecule has 0 fully saturated rings. The fourth-order valence-electron chi connectivity index (χ4n) is 4.27. The van der Waals surface area contributed by atoms with Crippen LogP contribution in [0.5, 0.6) is 5.75 Å². The number of phenols is 1. The largest absolute Gasteiger partial charge is 0.507 e. The Kier molecular flexibility index (Phi) is 11.5. The van der Waals surface area contributed by atoms with Crippen molar-refractivity contribution in [3.05, 3.63) is 77.9 Å². The lowest BCUT2D eigenvalue weighted by atomic mass is 10.0. The molecule has 0 aromatic heterocycles. The van der Waals surface area contributed by atoms with Crippen molar-refractivity contribution in [1.82, 2.24) is 10.7 Å². The van der Waals surface area contributed by atoms with E-state index in [-0.39, 0.29) is 42.3 Å². The molecule has 0 bridgehead atoms. The lowest BCUT2D eigenvalue weighted by Crippen LogP contribution is -2.26. The number of carbonyl (C=O) groups is 3. The minimum atomic E-state index is -0.532. The quantitative estimate of drug-likeness (QED) is 0.137. The minimum absolute atomic E-state index is 0.0746. The van der Waals surface area contributed by atoms with Crippen molar-refractivity contribution in [3.8, 4) is 5.75 Å². The van der Waals surface area contributed by atoms with Crippen LogP contribution in [-0.4, -0.2) is 35.0 Å². The number of hydrogen-bond acceptors (Lipinski definition) is 5. The van der Waals surface area contributed by atoms with Gasteiger partial charge in [0.1, 0.15) is 11.5 Å². The van der Waals surface area contributed by atoms with Crippen molar-refractivity contribution in [1.29, 1.82) is 0 Å². The number of carbonyl (C=O) groups excluding carboxylic acids is 3. The Hall–Kier alpha value is -4.00. The summed E-state index contributed by atoms with van der Waals surface area (Å²) < 4.78 is 0. The fraction of sp³-hybridized carbons (Fsp3) is 0.355. The maximum Gasteiger partial charge on any atom is 0.275 e. The Morgan fingerprint density at radius 2 is 1.61 bits per heavy atom. The number of aromatic hydroxyl groups is 1. The average molecular weight is 516 g/mol. The zero-order valence-electron chi connectivity index (χ0n) is 22.0. The number of hydrogen-bond donors (Lipinski definition) is 3. The van der Waals surface area contributed by atoms with Crippen LogP contribution >= 0.6 is 0 Å². The number of nitrogens with one attached hydrogen (secondary N) is 2. The molecule has 7 nitrogen and oxygen atoms in total. The second-order valence-corrected chi connectivity index (χ2v) is 9.41. The third-order valence-corrected chi connectivity index (χ3v) is 6.38. The van der Waals surface area contributed by atoms with Crippen LogP contribution in [-0.2, 0) is 16.0 Å². The molecule has 0 radical (unpaired) electrons. The zero-order valence-corrected chi connectivity index (χ0v) is 22.0. The summed E-state index contributed by atoms with van der Waals surface area (Å²) in [5, 5.41) is 18.9. The standard InChI is InChI=1S/C31H37N3O4/c1-2-3-4-8-14-25(22-26(35)17-19-29(37)32-21-20-23-11-6-5-7-12-23)33-34-31(38)30-27-15-10-9-13-24(27)16-18-28(30)36/h5-7,9-13,15-16,18,36H,2-4,8,14,17,19-22H2,1H3,(H,32,37)(H,34,38). The van der Waals surface area contributed by atoms with Crippen molar-refractivity contribution >= 4 is 34.1 Å². The SMILES string of the molecule is CCCCCCC(CC(=O)CCC(=O)NCCc1ccccc1)=NNC(=O)c1c(O)ccc2ccccc12. The Morgan fingerprint density at radius 3 is 2.39 bits per heavy atom. The molecular formula is C31H37N3O4. The summed E-state index contributed by atoms with van der Waals surface area (Å²) in [6.45, 7) is 2.65. The second-order valence-electron chi connectivity index (χ2n) is 9.41. The van der Waals surface area contributed by atoms with E-state index >= 15 is 0 Å². The van der Waals surface area contributed by atoms with Gasteiger partial charge >= 0.3 is 0 Å². The number of hydrazone groups is 1. The smallest absolute Gasteiger partial charge is 0.275 e. The molecule has 3 aromatic carbocycles. The van der Waals surface area contributed by atoms with Crippen molar-refractivity contribution in [3.63, 3.8) is 0 Å². The molecule has 3 N–H and O–H groups in total. The number of Topliss-reactive ketones (excluding diaryl/α,β-unsaturated/α-hetero) is 1. The van der Waals surface area contributed by atoms with Gasteiger partial charge in [-0.1, -0.05) is 86.8 Å². The number of phenolic OH excluding ortho intramolecular Hbond substituents is 1. The molecule has 0 saturated heterocycles. The monoisotopic (exact) mass is 515 g/mol. The third kappa shape index (κ3) is 9.14. The molecule has 2 amide bonds. The Bertz CT molecular complexity index is 1250. The number of benzene rings is 3. The second kappa shape index (κ2) is 15.3. The summed E-state index contributed by atoms with van der Waals surface area (Å²) in [6.07, 6.45) is 5.66. The fourth-order valence-corrected chi connectivity index (χ4v) is 4.27. The van der Waals surface area contributed by atoms with E-state index in [0.29, 0.717) is 24.1 Å². The van der Waals surface area contributed by atoms with Gasteiger partial charge in [-0.2, -0.15) is 5.10 Å². The van der Waals surface area contributed by atoms with Crippen molar-refractivity contribution in [2.24, 2.45) is 5.10 Å². The van der Waals surface area contributed by atoms with Gasteiger partial charge in [0.25, 0.3) is 5.91 Å². The molecule has 7 heteroatoms. The molecule has 0 spiro atoms. The molecule has 0 heterocycles. The Labute approximate surface area is 224 Å². The number of rotatable bonds is 15. The highest BCUT2D eigenvalue weighted by Gasteiger charge is 2.16. The summed E-state index contributed by atoms with van der Waals surface area (Å²) >= 11 is 0. The van der Waals surface area contributed by atoms with E-state index in [9.17, 15) is 19.5 Å². The topological polar surface area (TPSA) is 108 Å². The van der Waals surface area contributed by atoms with Gasteiger partial charge in [-0.05, 0) is 41.7 Å². The first-order valence-electron chi connectivity index (χ1n) is 13.4. The number of amides is 2. The maximum atomic E-state index is 12.9. The van der Waals surface area contributed by atoms with Crippen LogP contribution in [0.25, 0.3) is 10.8 Å². The highest BCUT2D eigenvalue weighted by Crippen LogP contribution is 2.27. The molecule has 0 aliphatic heterocycles. The molecule has 0 aliphatic rings. The molecule has 0 saturated carbocycles. The first-order valence-corrected chi connectivity index (χ1v) is 13.4. The van der Waals surface area contributed by atoms with E-state index < -0.39 is 5.91 Å². The lowest BCUT2D eigenvalue weighted by molar-refractivity contribution is -0.124. The van der Waals surface area contributed by atoms with Gasteiger partial charge in [-0.3, -0.25) is 14.4 Å². The molecule has 3 aromatic rings. The Balaban J connectivity index is 1.56. The van der Waals surface area contributed by atoms with E-state index in [1.165, 1.54) is 6.07 Å². The summed E-state index contributed by atoms with van der Waals surface area (Å²) in [5.41, 5.74) is 4.41. The van der Waals surface area contributed by atoms with E-state index in [1.807, 2.05) is 42.5 Å². The van der Waals surface area contributed by atoms with Gasteiger partial charge < -0.3 is 10.4 Å². The van der Waals surface area contributed by atoms with E-state index in [4.69, 9.17) is 0 Å². The van der Waals surface area contributed by atoms with Gasteiger partial charge in [0.2, 0.25) is 5.91 Å². The average Bonchev–Trinajstić information content (AvgIpc) is 2.93. The van der Waals surface area contributed by atoms with Gasteiger partial charge in [-0.15, -0.1) is 0 Å². The van der Waals surface area contributed by atoms with Gasteiger partial charge in [0.15, 0.2) is 0 Å². The van der Waals surface area contributed by atoms with Crippen LogP contribution in [0.2, 0.25) is 0 Å². The van der Waals surface area contributed by atoms with Crippen LogP contribution in [0.1, 0.15) is 74.2 Å². The van der Waals surface area contributed by atoms with Crippen LogP contribution < -0.4 is 10.7 Å². The van der Waals surface area contributed by atoms with E-state index in [1.54, 1.807) is 18.2 Å². The minimum Gasteiger partial charge on any atom is -0.507 e. The number of unbranched alkanes of at least 4 members (excludes halogenated alkanes) is 3. The number of fused-ring (bicyclic) bond motifs is 1. The van der Waals surface area contributed by atoms with Crippen LogP contribution in [0.15, 0.2) is 71.8 Å². The zero-order chi connectivity index (χ0) is 27.2. The predicted octanol–water partition coefficient (Wildman–Crippen LogP) is 5.70. The summed E-state index contributed by atoms with van der Waals surface area (Å²) in [5.74, 6) is -0.916. The van der Waals surface area contributed by atoms with Crippen LogP contribution in [0.4, 0.5) is 0 Å². The third-order valence-electron chi connectivity index (χ3n) is 6.38.